The molecule has 6 nitrogen and oxygen atoms in total. The molecule has 0 bridgehead atoms. The predicted molar refractivity (Wildman–Crippen MR) is 129 cm³/mol. The summed E-state index contributed by atoms with van der Waals surface area (Å²) in [5.74, 6) is -0.173. The van der Waals surface area contributed by atoms with E-state index in [4.69, 9.17) is 21.1 Å². The number of ether oxygens (including phenoxy) is 2. The number of non-ortho nitro benzene ring substituents is 1. The van der Waals surface area contributed by atoms with Crippen LogP contribution in [0.5, 0.6) is 11.5 Å². The highest BCUT2D eigenvalue weighted by molar-refractivity contribution is 6.33. The Hall–Kier alpha value is -4.16. The van der Waals surface area contributed by atoms with Gasteiger partial charge in [0, 0.05) is 12.1 Å². The fourth-order valence-corrected chi connectivity index (χ4v) is 3.64. The van der Waals surface area contributed by atoms with E-state index in [1.165, 1.54) is 19.2 Å². The predicted octanol–water partition coefficient (Wildman–Crippen LogP) is 6.80. The second kappa shape index (κ2) is 9.54. The number of benzene rings is 4. The Morgan fingerprint density at radius 2 is 1.73 bits per heavy atom. The lowest BCUT2D eigenvalue weighted by Crippen LogP contribution is -2.10. The van der Waals surface area contributed by atoms with Crippen LogP contribution in [0.4, 0.5) is 5.69 Å². The third-order valence-corrected chi connectivity index (χ3v) is 5.37. The molecule has 0 saturated heterocycles. The van der Waals surface area contributed by atoms with Gasteiger partial charge in [-0.25, -0.2) is 4.79 Å². The molecule has 7 heteroatoms. The molecule has 4 aromatic carbocycles. The molecule has 0 aromatic heterocycles. The second-order valence-corrected chi connectivity index (χ2v) is 7.53. The van der Waals surface area contributed by atoms with E-state index in [2.05, 4.69) is 18.2 Å². The van der Waals surface area contributed by atoms with Gasteiger partial charge in [-0.1, -0.05) is 72.3 Å². The molecule has 0 saturated carbocycles. The van der Waals surface area contributed by atoms with Crippen molar-refractivity contribution in [1.29, 1.82) is 0 Å². The van der Waals surface area contributed by atoms with Gasteiger partial charge >= 0.3 is 5.97 Å². The Morgan fingerprint density at radius 3 is 2.48 bits per heavy atom. The third kappa shape index (κ3) is 4.86. The molecule has 0 fully saturated rings. The standard InChI is InChI=1S/C26H18ClNO5/c1-32-25-15-17(9-11-19-7-4-6-18-5-2-3-8-21(18)19)10-14-24(25)33-26(29)22-13-12-20(28(30)31)16-23(22)27/h2-16H,1H3. The van der Waals surface area contributed by atoms with Crippen molar-refractivity contribution in [2.75, 3.05) is 7.11 Å². The minimum atomic E-state index is -0.743. The minimum absolute atomic E-state index is 0.0178. The monoisotopic (exact) mass is 459 g/mol. The van der Waals surface area contributed by atoms with E-state index in [1.807, 2.05) is 36.4 Å². The summed E-state index contributed by atoms with van der Waals surface area (Å²) in [5.41, 5.74) is 1.74. The van der Waals surface area contributed by atoms with Crippen molar-refractivity contribution in [2.45, 2.75) is 0 Å². The van der Waals surface area contributed by atoms with Crippen LogP contribution in [-0.2, 0) is 0 Å². The van der Waals surface area contributed by atoms with Gasteiger partial charge in [0.1, 0.15) is 0 Å². The zero-order valence-electron chi connectivity index (χ0n) is 17.5. The quantitative estimate of drug-likeness (QED) is 0.104. The highest BCUT2D eigenvalue weighted by Crippen LogP contribution is 2.31. The van der Waals surface area contributed by atoms with Crippen LogP contribution in [0.15, 0.2) is 78.9 Å². The Kier molecular flexibility index (Phi) is 6.38. The van der Waals surface area contributed by atoms with Crippen molar-refractivity contribution < 1.29 is 19.2 Å². The first-order valence-corrected chi connectivity index (χ1v) is 10.3. The summed E-state index contributed by atoms with van der Waals surface area (Å²) < 4.78 is 10.8. The van der Waals surface area contributed by atoms with Crippen LogP contribution in [-0.4, -0.2) is 18.0 Å². The molecule has 0 amide bonds. The van der Waals surface area contributed by atoms with Gasteiger partial charge in [-0.3, -0.25) is 10.1 Å². The number of nitro benzene ring substituents is 1. The number of halogens is 1. The molecule has 0 unspecified atom stereocenters. The molecule has 0 spiro atoms. The summed E-state index contributed by atoms with van der Waals surface area (Å²) >= 11 is 6.03. The molecule has 0 aliphatic heterocycles. The SMILES string of the molecule is COc1cc(C=Cc2cccc3ccccc23)ccc1OC(=O)c1ccc([N+](=O)[O-])cc1Cl. The smallest absolute Gasteiger partial charge is 0.345 e. The van der Waals surface area contributed by atoms with E-state index >= 15 is 0 Å². The maximum Gasteiger partial charge on any atom is 0.345 e. The first-order chi connectivity index (χ1) is 16.0. The van der Waals surface area contributed by atoms with Crippen molar-refractivity contribution >= 4 is 46.2 Å². The lowest BCUT2D eigenvalue weighted by molar-refractivity contribution is -0.384. The van der Waals surface area contributed by atoms with E-state index in [-0.39, 0.29) is 22.0 Å². The molecule has 0 aliphatic rings. The fourth-order valence-electron chi connectivity index (χ4n) is 3.39. The maximum atomic E-state index is 12.6. The molecule has 0 heterocycles. The molecular formula is C26H18ClNO5. The Morgan fingerprint density at radius 1 is 0.939 bits per heavy atom. The summed E-state index contributed by atoms with van der Waals surface area (Å²) in [7, 11) is 1.48. The average Bonchev–Trinajstić information content (AvgIpc) is 2.83. The average molecular weight is 460 g/mol. The van der Waals surface area contributed by atoms with Crippen molar-refractivity contribution in [3.8, 4) is 11.5 Å². The first-order valence-electron chi connectivity index (χ1n) is 9.96. The van der Waals surface area contributed by atoms with E-state index in [0.29, 0.717) is 5.75 Å². The van der Waals surface area contributed by atoms with Crippen molar-refractivity contribution in [3.63, 3.8) is 0 Å². The zero-order valence-corrected chi connectivity index (χ0v) is 18.3. The van der Waals surface area contributed by atoms with Crippen LogP contribution >= 0.6 is 11.6 Å². The summed E-state index contributed by atoms with van der Waals surface area (Å²) in [5, 5.41) is 13.1. The van der Waals surface area contributed by atoms with Crippen LogP contribution in [0.25, 0.3) is 22.9 Å². The third-order valence-electron chi connectivity index (χ3n) is 5.05. The van der Waals surface area contributed by atoms with Crippen LogP contribution < -0.4 is 9.47 Å². The number of hydrogen-bond donors (Lipinski definition) is 0. The highest BCUT2D eigenvalue weighted by Gasteiger charge is 2.18. The van der Waals surface area contributed by atoms with Crippen LogP contribution in [0.1, 0.15) is 21.5 Å². The van der Waals surface area contributed by atoms with Crippen molar-refractivity contribution in [3.05, 3.63) is 111 Å². The zero-order chi connectivity index (χ0) is 23.4. The van der Waals surface area contributed by atoms with Crippen molar-refractivity contribution in [1.82, 2.24) is 0 Å². The number of carbonyl (C=O) groups is 1. The molecule has 4 aromatic rings. The normalized spacial score (nSPS) is 11.0. The Balaban J connectivity index is 1.56. The van der Waals surface area contributed by atoms with Crippen LogP contribution in [0.3, 0.4) is 0 Å². The first kappa shape index (κ1) is 22.0. The number of nitrogens with zero attached hydrogens (tertiary/aromatic N) is 1. The summed E-state index contributed by atoms with van der Waals surface area (Å²) in [4.78, 5) is 22.8. The molecular weight excluding hydrogens is 442 g/mol. The number of hydrogen-bond acceptors (Lipinski definition) is 5. The number of carbonyl (C=O) groups excluding carboxylic acids is 1. The molecule has 164 valence electrons. The molecule has 0 N–H and O–H groups in total. The van der Waals surface area contributed by atoms with Crippen molar-refractivity contribution in [2.24, 2.45) is 0 Å². The minimum Gasteiger partial charge on any atom is -0.493 e. The summed E-state index contributed by atoms with van der Waals surface area (Å²) in [6.07, 6.45) is 3.96. The molecule has 4 rings (SSSR count). The molecule has 0 radical (unpaired) electrons. The van der Waals surface area contributed by atoms with Gasteiger partial charge in [0.25, 0.3) is 5.69 Å². The number of esters is 1. The number of methoxy groups -OCH3 is 1. The Bertz CT molecular complexity index is 1390. The highest BCUT2D eigenvalue weighted by atomic mass is 35.5. The lowest BCUT2D eigenvalue weighted by Gasteiger charge is -2.11. The number of rotatable bonds is 6. The maximum absolute atomic E-state index is 12.6. The molecule has 0 aliphatic carbocycles. The summed E-state index contributed by atoms with van der Waals surface area (Å²) in [6.45, 7) is 0. The van der Waals surface area contributed by atoms with Gasteiger partial charge in [-0.2, -0.15) is 0 Å². The summed E-state index contributed by atoms with van der Waals surface area (Å²) in [6, 6.07) is 23.0. The Labute approximate surface area is 194 Å². The van der Waals surface area contributed by atoms with Gasteiger partial charge in [-0.05, 0) is 40.1 Å². The van der Waals surface area contributed by atoms with Crippen LogP contribution in [0, 0.1) is 10.1 Å². The largest absolute Gasteiger partial charge is 0.493 e. The van der Waals surface area contributed by atoms with Gasteiger partial charge in [0.05, 0.1) is 22.6 Å². The lowest BCUT2D eigenvalue weighted by atomic mass is 10.0. The van der Waals surface area contributed by atoms with E-state index in [0.717, 1.165) is 28.0 Å². The van der Waals surface area contributed by atoms with Crippen LogP contribution in [0.2, 0.25) is 5.02 Å². The van der Waals surface area contributed by atoms with E-state index in [9.17, 15) is 14.9 Å². The second-order valence-electron chi connectivity index (χ2n) is 7.12. The topological polar surface area (TPSA) is 78.7 Å². The number of nitro groups is 1. The van der Waals surface area contributed by atoms with Gasteiger partial charge in [0.15, 0.2) is 11.5 Å². The molecule has 33 heavy (non-hydrogen) atoms. The van der Waals surface area contributed by atoms with Gasteiger partial charge < -0.3 is 9.47 Å². The fraction of sp³-hybridized carbons (Fsp3) is 0.0385. The van der Waals surface area contributed by atoms with Gasteiger partial charge in [0.2, 0.25) is 0 Å². The molecule has 0 atom stereocenters. The van der Waals surface area contributed by atoms with Gasteiger partial charge in [-0.15, -0.1) is 0 Å². The van der Waals surface area contributed by atoms with E-state index < -0.39 is 10.9 Å². The number of fused-ring (bicyclic) bond motifs is 1. The van der Waals surface area contributed by atoms with E-state index in [1.54, 1.807) is 18.2 Å².